The van der Waals surface area contributed by atoms with Crippen LogP contribution in [0, 0.1) is 12.8 Å². The Balaban J connectivity index is 2.10. The van der Waals surface area contributed by atoms with Gasteiger partial charge in [0.15, 0.2) is 0 Å². The maximum atomic E-state index is 11.3. The molecule has 0 radical (unpaired) electrons. The van der Waals surface area contributed by atoms with E-state index in [1.165, 1.54) is 0 Å². The van der Waals surface area contributed by atoms with Crippen molar-refractivity contribution in [3.05, 3.63) is 29.3 Å². The molecule has 0 spiro atoms. The van der Waals surface area contributed by atoms with Gasteiger partial charge in [-0.1, -0.05) is 6.07 Å². The number of anilines is 1. The van der Waals surface area contributed by atoms with Gasteiger partial charge in [-0.25, -0.2) is 0 Å². The number of hydrogen-bond donors (Lipinski definition) is 2. The Morgan fingerprint density at radius 1 is 1.42 bits per heavy atom. The zero-order valence-electron chi connectivity index (χ0n) is 11.6. The van der Waals surface area contributed by atoms with Crippen LogP contribution in [0.15, 0.2) is 18.2 Å². The minimum Gasteiger partial charge on any atom is -0.382 e. The first-order valence-electron chi connectivity index (χ1n) is 6.83. The minimum atomic E-state index is -0.375. The predicted molar refractivity (Wildman–Crippen MR) is 76.3 cm³/mol. The molecule has 0 aromatic heterocycles. The van der Waals surface area contributed by atoms with Gasteiger partial charge in [0.2, 0.25) is 5.91 Å². The van der Waals surface area contributed by atoms with Crippen LogP contribution in [0.5, 0.6) is 0 Å². The summed E-state index contributed by atoms with van der Waals surface area (Å²) in [6.45, 7) is 5.81. The molecule has 104 valence electrons. The predicted octanol–water partition coefficient (Wildman–Crippen LogP) is 2.32. The van der Waals surface area contributed by atoms with E-state index in [1.54, 1.807) is 6.07 Å². The van der Waals surface area contributed by atoms with E-state index in [0.717, 1.165) is 37.3 Å². The molecule has 4 nitrogen and oxygen atoms in total. The molecule has 19 heavy (non-hydrogen) atoms. The largest absolute Gasteiger partial charge is 0.382 e. The lowest BCUT2D eigenvalue weighted by Gasteiger charge is -2.29. The van der Waals surface area contributed by atoms with Crippen molar-refractivity contribution in [2.75, 3.05) is 18.5 Å². The van der Waals surface area contributed by atoms with Crippen LogP contribution in [0.1, 0.15) is 35.7 Å². The van der Waals surface area contributed by atoms with E-state index in [1.807, 2.05) is 19.1 Å². The number of benzene rings is 1. The van der Waals surface area contributed by atoms with Crippen LogP contribution in [0.4, 0.5) is 5.69 Å². The molecule has 1 aromatic rings. The van der Waals surface area contributed by atoms with Gasteiger partial charge in [0, 0.05) is 30.5 Å². The fourth-order valence-corrected chi connectivity index (χ4v) is 2.64. The van der Waals surface area contributed by atoms with Gasteiger partial charge in [-0.15, -0.1) is 0 Å². The molecule has 1 amide bonds. The molecule has 1 saturated heterocycles. The first kappa shape index (κ1) is 13.9. The molecule has 0 saturated carbocycles. The van der Waals surface area contributed by atoms with E-state index in [0.29, 0.717) is 17.5 Å². The molecule has 1 aromatic carbocycles. The van der Waals surface area contributed by atoms with Crippen molar-refractivity contribution in [3.63, 3.8) is 0 Å². The zero-order valence-corrected chi connectivity index (χ0v) is 11.6. The van der Waals surface area contributed by atoms with Crippen LogP contribution in [-0.2, 0) is 4.74 Å². The summed E-state index contributed by atoms with van der Waals surface area (Å²) >= 11 is 0. The summed E-state index contributed by atoms with van der Waals surface area (Å²) in [5.74, 6) is 0.241. The number of hydrogen-bond acceptors (Lipinski definition) is 3. The molecule has 4 heteroatoms. The molecule has 2 rings (SSSR count). The number of rotatable bonds is 4. The van der Waals surface area contributed by atoms with E-state index in [2.05, 4.69) is 12.2 Å². The average molecular weight is 262 g/mol. The zero-order chi connectivity index (χ0) is 13.8. The topological polar surface area (TPSA) is 64.3 Å². The minimum absolute atomic E-state index is 0.366. The normalized spacial score (nSPS) is 18.0. The van der Waals surface area contributed by atoms with E-state index >= 15 is 0 Å². The second kappa shape index (κ2) is 6.06. The van der Waals surface area contributed by atoms with Gasteiger partial charge in [-0.3, -0.25) is 4.79 Å². The Morgan fingerprint density at radius 3 is 2.74 bits per heavy atom. The highest BCUT2D eigenvalue weighted by Crippen LogP contribution is 2.24. The maximum absolute atomic E-state index is 11.3. The highest BCUT2D eigenvalue weighted by atomic mass is 16.5. The van der Waals surface area contributed by atoms with Gasteiger partial charge >= 0.3 is 0 Å². The highest BCUT2D eigenvalue weighted by Gasteiger charge is 2.21. The standard InChI is InChI=1S/C15H22N2O2/c1-10-13(15(16)18)4-3-5-14(10)17-11(2)12-6-8-19-9-7-12/h3-5,11-12,17H,6-9H2,1-2H3,(H2,16,18). The number of primary amides is 1. The molecule has 3 N–H and O–H groups in total. The Morgan fingerprint density at radius 2 is 2.11 bits per heavy atom. The van der Waals surface area contributed by atoms with Gasteiger partial charge < -0.3 is 15.8 Å². The fraction of sp³-hybridized carbons (Fsp3) is 0.533. The van der Waals surface area contributed by atoms with Crippen molar-refractivity contribution < 1.29 is 9.53 Å². The summed E-state index contributed by atoms with van der Waals surface area (Å²) in [4.78, 5) is 11.3. The Kier molecular flexibility index (Phi) is 4.43. The van der Waals surface area contributed by atoms with Gasteiger partial charge in [0.05, 0.1) is 0 Å². The summed E-state index contributed by atoms with van der Waals surface area (Å²) < 4.78 is 5.39. The Hall–Kier alpha value is -1.55. The van der Waals surface area contributed by atoms with E-state index in [4.69, 9.17) is 10.5 Å². The van der Waals surface area contributed by atoms with Crippen LogP contribution in [0.25, 0.3) is 0 Å². The van der Waals surface area contributed by atoms with Crippen molar-refractivity contribution in [1.82, 2.24) is 0 Å². The molecule has 1 heterocycles. The summed E-state index contributed by atoms with van der Waals surface area (Å²) in [5, 5.41) is 3.51. The van der Waals surface area contributed by atoms with Crippen LogP contribution in [-0.4, -0.2) is 25.2 Å². The number of amides is 1. The maximum Gasteiger partial charge on any atom is 0.249 e. The van der Waals surface area contributed by atoms with Gasteiger partial charge in [-0.05, 0) is 50.3 Å². The van der Waals surface area contributed by atoms with Crippen molar-refractivity contribution in [1.29, 1.82) is 0 Å². The molecule has 0 aliphatic carbocycles. The first-order valence-corrected chi connectivity index (χ1v) is 6.83. The third-order valence-electron chi connectivity index (χ3n) is 3.96. The summed E-state index contributed by atoms with van der Waals surface area (Å²) in [5.41, 5.74) is 7.88. The third kappa shape index (κ3) is 3.26. The van der Waals surface area contributed by atoms with Crippen LogP contribution < -0.4 is 11.1 Å². The third-order valence-corrected chi connectivity index (χ3v) is 3.96. The Labute approximate surface area is 114 Å². The second-order valence-electron chi connectivity index (χ2n) is 5.23. The number of ether oxygens (including phenoxy) is 1. The van der Waals surface area contributed by atoms with Gasteiger partial charge in [0.25, 0.3) is 0 Å². The van der Waals surface area contributed by atoms with E-state index in [9.17, 15) is 4.79 Å². The lowest BCUT2D eigenvalue weighted by molar-refractivity contribution is 0.0622. The van der Waals surface area contributed by atoms with Crippen molar-refractivity contribution in [2.45, 2.75) is 32.7 Å². The second-order valence-corrected chi connectivity index (χ2v) is 5.23. The molecule has 1 aliphatic rings. The van der Waals surface area contributed by atoms with Crippen LogP contribution in [0.2, 0.25) is 0 Å². The van der Waals surface area contributed by atoms with Crippen molar-refractivity contribution in [2.24, 2.45) is 11.7 Å². The SMILES string of the molecule is Cc1c(NC(C)C2CCOCC2)cccc1C(N)=O. The molecule has 1 unspecified atom stereocenters. The summed E-state index contributed by atoms with van der Waals surface area (Å²) in [7, 11) is 0. The molecule has 1 atom stereocenters. The van der Waals surface area contributed by atoms with E-state index in [-0.39, 0.29) is 5.91 Å². The summed E-state index contributed by atoms with van der Waals surface area (Å²) in [6.07, 6.45) is 2.17. The first-order chi connectivity index (χ1) is 9.09. The van der Waals surface area contributed by atoms with Crippen LogP contribution in [0.3, 0.4) is 0 Å². The fourth-order valence-electron chi connectivity index (χ4n) is 2.64. The van der Waals surface area contributed by atoms with Crippen molar-refractivity contribution in [3.8, 4) is 0 Å². The number of carbonyl (C=O) groups is 1. The lowest BCUT2D eigenvalue weighted by atomic mass is 9.92. The number of nitrogens with two attached hydrogens (primary N) is 1. The van der Waals surface area contributed by atoms with Gasteiger partial charge in [0.1, 0.15) is 0 Å². The molecule has 1 fully saturated rings. The molecular formula is C15H22N2O2. The molecule has 0 bridgehead atoms. The average Bonchev–Trinajstić information content (AvgIpc) is 2.41. The number of nitrogens with one attached hydrogen (secondary N) is 1. The van der Waals surface area contributed by atoms with Crippen molar-refractivity contribution >= 4 is 11.6 Å². The lowest BCUT2D eigenvalue weighted by Crippen LogP contribution is -2.31. The quantitative estimate of drug-likeness (QED) is 0.875. The van der Waals surface area contributed by atoms with Crippen LogP contribution >= 0.6 is 0 Å². The van der Waals surface area contributed by atoms with E-state index < -0.39 is 0 Å². The summed E-state index contributed by atoms with van der Waals surface area (Å²) in [6, 6.07) is 6.00. The number of carbonyl (C=O) groups excluding carboxylic acids is 1. The smallest absolute Gasteiger partial charge is 0.249 e. The molecule has 1 aliphatic heterocycles. The molecular weight excluding hydrogens is 240 g/mol. The van der Waals surface area contributed by atoms with Gasteiger partial charge in [-0.2, -0.15) is 0 Å². The highest BCUT2D eigenvalue weighted by molar-refractivity contribution is 5.95. The monoisotopic (exact) mass is 262 g/mol. The Bertz CT molecular complexity index is 453.